The van der Waals surface area contributed by atoms with Crippen molar-refractivity contribution in [3.05, 3.63) is 103 Å². The molecule has 1 heterocycles. The molecule has 0 atom stereocenters. The summed E-state index contributed by atoms with van der Waals surface area (Å²) in [5.74, 6) is -0.168. The lowest BCUT2D eigenvalue weighted by Gasteiger charge is -2.12. The summed E-state index contributed by atoms with van der Waals surface area (Å²) in [6, 6.07) is 16.7. The number of para-hydroxylation sites is 1. The van der Waals surface area contributed by atoms with E-state index in [1.165, 1.54) is 23.0 Å². The highest BCUT2D eigenvalue weighted by molar-refractivity contribution is 9.10. The lowest BCUT2D eigenvalue weighted by Crippen LogP contribution is -2.23. The van der Waals surface area contributed by atoms with E-state index in [0.717, 1.165) is 10.0 Å². The zero-order chi connectivity index (χ0) is 27.4. The van der Waals surface area contributed by atoms with E-state index in [9.17, 15) is 19.7 Å². The lowest BCUT2D eigenvalue weighted by molar-refractivity contribution is -0.385. The van der Waals surface area contributed by atoms with Crippen LogP contribution in [0, 0.1) is 17.0 Å². The van der Waals surface area contributed by atoms with E-state index in [1.807, 2.05) is 39.0 Å². The molecule has 4 aromatic rings. The van der Waals surface area contributed by atoms with Gasteiger partial charge in [-0.25, -0.2) is 4.98 Å². The first-order chi connectivity index (χ1) is 18.1. The van der Waals surface area contributed by atoms with Crippen LogP contribution in [0.2, 0.25) is 0 Å². The van der Waals surface area contributed by atoms with Crippen LogP contribution in [-0.4, -0.2) is 33.3 Å². The van der Waals surface area contributed by atoms with Gasteiger partial charge >= 0.3 is 5.69 Å². The van der Waals surface area contributed by atoms with Crippen molar-refractivity contribution in [2.75, 3.05) is 11.9 Å². The molecule has 0 saturated heterocycles. The highest BCUT2D eigenvalue weighted by atomic mass is 79.9. The summed E-state index contributed by atoms with van der Waals surface area (Å²) >= 11 is 3.37. The van der Waals surface area contributed by atoms with E-state index in [2.05, 4.69) is 31.3 Å². The van der Waals surface area contributed by atoms with E-state index < -0.39 is 17.4 Å². The average Bonchev–Trinajstić information content (AvgIpc) is 2.88. The Kier molecular flexibility index (Phi) is 7.96. The fourth-order valence-corrected chi connectivity index (χ4v) is 4.06. The number of hydrogen-bond acceptors (Lipinski definition) is 7. The number of halogens is 1. The molecule has 0 aliphatic carbocycles. The molecule has 4 rings (SSSR count). The maximum absolute atomic E-state index is 13.2. The lowest BCUT2D eigenvalue weighted by atomic mass is 10.2. The van der Waals surface area contributed by atoms with Crippen LogP contribution in [0.3, 0.4) is 0 Å². The van der Waals surface area contributed by atoms with Gasteiger partial charge in [0.05, 0.1) is 22.0 Å². The smallest absolute Gasteiger partial charge is 0.311 e. The molecule has 0 fully saturated rings. The standard InChI is InChI=1S/C27H24BrN5O5/c1-16(2)26-31-22-10-9-19(28)13-20(22)27(35)32(26)29-14-18-8-11-24(23(12-18)33(36)37)38-15-25(34)30-21-7-5-4-6-17(21)3/h4-14,16H,15H2,1-3H3,(H,30,34). The average molecular weight is 578 g/mol. The van der Waals surface area contributed by atoms with Gasteiger partial charge in [-0.1, -0.05) is 48.0 Å². The van der Waals surface area contributed by atoms with E-state index in [1.54, 1.807) is 30.3 Å². The quantitative estimate of drug-likeness (QED) is 0.169. The molecule has 194 valence electrons. The first-order valence-electron chi connectivity index (χ1n) is 11.7. The molecular weight excluding hydrogens is 554 g/mol. The first kappa shape index (κ1) is 26.7. The number of amides is 1. The molecule has 10 nitrogen and oxygen atoms in total. The van der Waals surface area contributed by atoms with Crippen molar-refractivity contribution < 1.29 is 14.5 Å². The SMILES string of the molecule is Cc1ccccc1NC(=O)COc1ccc(C=Nn2c(C(C)C)nc3ccc(Br)cc3c2=O)cc1[N+](=O)[O-]. The van der Waals surface area contributed by atoms with E-state index in [4.69, 9.17) is 4.74 Å². The molecule has 3 aromatic carbocycles. The number of hydrogen-bond donors (Lipinski definition) is 1. The zero-order valence-electron chi connectivity index (χ0n) is 20.8. The van der Waals surface area contributed by atoms with Crippen molar-refractivity contribution in [2.24, 2.45) is 5.10 Å². The van der Waals surface area contributed by atoms with Gasteiger partial charge in [-0.15, -0.1) is 0 Å². The number of aromatic nitrogens is 2. The number of anilines is 1. The Morgan fingerprint density at radius 1 is 1.21 bits per heavy atom. The molecule has 0 spiro atoms. The summed E-state index contributed by atoms with van der Waals surface area (Å²) < 4.78 is 7.38. The third-order valence-corrected chi connectivity index (χ3v) is 6.12. The Bertz CT molecular complexity index is 1630. The van der Waals surface area contributed by atoms with Gasteiger partial charge in [0, 0.05) is 27.7 Å². The largest absolute Gasteiger partial charge is 0.477 e. The first-order valence-corrected chi connectivity index (χ1v) is 12.5. The Morgan fingerprint density at radius 2 is 1.97 bits per heavy atom. The summed E-state index contributed by atoms with van der Waals surface area (Å²) in [6.07, 6.45) is 1.35. The maximum Gasteiger partial charge on any atom is 0.311 e. The van der Waals surface area contributed by atoms with Gasteiger partial charge in [0.25, 0.3) is 11.5 Å². The van der Waals surface area contributed by atoms with Gasteiger partial charge in [-0.05, 0) is 48.9 Å². The van der Waals surface area contributed by atoms with Gasteiger partial charge in [0.15, 0.2) is 12.4 Å². The van der Waals surface area contributed by atoms with E-state index >= 15 is 0 Å². The van der Waals surface area contributed by atoms with Crippen molar-refractivity contribution in [3.8, 4) is 5.75 Å². The Morgan fingerprint density at radius 3 is 2.68 bits per heavy atom. The molecule has 0 bridgehead atoms. The van der Waals surface area contributed by atoms with Crippen molar-refractivity contribution >= 4 is 50.3 Å². The number of nitro groups is 1. The van der Waals surface area contributed by atoms with E-state index in [0.29, 0.717) is 28.0 Å². The second-order valence-corrected chi connectivity index (χ2v) is 9.70. The summed E-state index contributed by atoms with van der Waals surface area (Å²) in [5.41, 5.74) is 1.74. The molecule has 0 radical (unpaired) electrons. The van der Waals surface area contributed by atoms with Gasteiger partial charge in [0.1, 0.15) is 5.82 Å². The molecule has 0 unspecified atom stereocenters. The van der Waals surface area contributed by atoms with Gasteiger partial charge in [-0.3, -0.25) is 19.7 Å². The minimum absolute atomic E-state index is 0.0654. The van der Waals surface area contributed by atoms with Crippen LogP contribution in [0.15, 0.2) is 75.0 Å². The van der Waals surface area contributed by atoms with Crippen LogP contribution in [0.5, 0.6) is 5.75 Å². The molecule has 1 aromatic heterocycles. The fourth-order valence-electron chi connectivity index (χ4n) is 3.70. The Labute approximate surface area is 226 Å². The van der Waals surface area contributed by atoms with Crippen LogP contribution in [0.25, 0.3) is 10.9 Å². The number of carbonyl (C=O) groups excluding carboxylic acids is 1. The monoisotopic (exact) mass is 577 g/mol. The number of carbonyl (C=O) groups is 1. The second kappa shape index (κ2) is 11.3. The predicted octanol–water partition coefficient (Wildman–Crippen LogP) is 5.40. The Balaban J connectivity index is 1.59. The van der Waals surface area contributed by atoms with Crippen molar-refractivity contribution in [1.29, 1.82) is 0 Å². The number of rotatable bonds is 8. The van der Waals surface area contributed by atoms with Crippen LogP contribution >= 0.6 is 15.9 Å². The molecule has 11 heteroatoms. The molecular formula is C27H24BrN5O5. The molecule has 1 amide bonds. The van der Waals surface area contributed by atoms with Crippen molar-refractivity contribution in [2.45, 2.75) is 26.7 Å². The molecule has 38 heavy (non-hydrogen) atoms. The molecule has 0 aliphatic heterocycles. The number of aryl methyl sites for hydroxylation is 1. The number of benzene rings is 3. The summed E-state index contributed by atoms with van der Waals surface area (Å²) in [5, 5.41) is 19.1. The highest BCUT2D eigenvalue weighted by Gasteiger charge is 2.18. The third-order valence-electron chi connectivity index (χ3n) is 5.63. The topological polar surface area (TPSA) is 129 Å². The van der Waals surface area contributed by atoms with Crippen LogP contribution < -0.4 is 15.6 Å². The molecule has 0 saturated carbocycles. The summed E-state index contributed by atoms with van der Waals surface area (Å²) in [4.78, 5) is 41.2. The number of fused-ring (bicyclic) bond motifs is 1. The van der Waals surface area contributed by atoms with Gasteiger partial charge < -0.3 is 10.1 Å². The minimum Gasteiger partial charge on any atom is -0.477 e. The molecule has 1 N–H and O–H groups in total. The van der Waals surface area contributed by atoms with Crippen molar-refractivity contribution in [1.82, 2.24) is 9.66 Å². The normalized spacial score (nSPS) is 11.3. The van der Waals surface area contributed by atoms with Crippen LogP contribution in [0.1, 0.15) is 36.7 Å². The van der Waals surface area contributed by atoms with Gasteiger partial charge in [-0.2, -0.15) is 9.78 Å². The molecule has 0 aliphatic rings. The van der Waals surface area contributed by atoms with Gasteiger partial charge in [0.2, 0.25) is 0 Å². The number of nitrogens with zero attached hydrogens (tertiary/aromatic N) is 4. The number of nitrogens with one attached hydrogen (secondary N) is 1. The highest BCUT2D eigenvalue weighted by Crippen LogP contribution is 2.28. The number of ether oxygens (including phenoxy) is 1. The predicted molar refractivity (Wildman–Crippen MR) is 149 cm³/mol. The minimum atomic E-state index is -0.604. The fraction of sp³-hybridized carbons (Fsp3) is 0.185. The van der Waals surface area contributed by atoms with E-state index in [-0.39, 0.29) is 22.9 Å². The van der Waals surface area contributed by atoms with Crippen LogP contribution in [0.4, 0.5) is 11.4 Å². The number of nitro benzene ring substituents is 1. The maximum atomic E-state index is 13.2. The second-order valence-electron chi connectivity index (χ2n) is 8.78. The summed E-state index contributed by atoms with van der Waals surface area (Å²) in [7, 11) is 0. The summed E-state index contributed by atoms with van der Waals surface area (Å²) in [6.45, 7) is 5.23. The Hall–Kier alpha value is -4.38. The van der Waals surface area contributed by atoms with Crippen molar-refractivity contribution in [3.63, 3.8) is 0 Å². The van der Waals surface area contributed by atoms with Crippen LogP contribution in [-0.2, 0) is 4.79 Å². The zero-order valence-corrected chi connectivity index (χ0v) is 22.4. The third kappa shape index (κ3) is 5.94.